The molecule has 150 valence electrons. The van der Waals surface area contributed by atoms with Gasteiger partial charge in [0, 0.05) is 18.1 Å². The average Bonchev–Trinajstić information content (AvgIpc) is 2.66. The number of amides is 2. The second kappa shape index (κ2) is 10.3. The maximum absolute atomic E-state index is 12.9. The summed E-state index contributed by atoms with van der Waals surface area (Å²) in [5.74, 6) is -0.164. The van der Waals surface area contributed by atoms with Crippen LogP contribution < -0.4 is 10.1 Å². The maximum Gasteiger partial charge on any atom is 0.261 e. The summed E-state index contributed by atoms with van der Waals surface area (Å²) < 4.78 is 5.58. The van der Waals surface area contributed by atoms with Crippen molar-refractivity contribution in [3.05, 3.63) is 63.6 Å². The Kier molecular flexibility index (Phi) is 8.15. The normalized spacial score (nSPS) is 11.6. The Morgan fingerprint density at radius 2 is 1.89 bits per heavy atom. The van der Waals surface area contributed by atoms with Crippen LogP contribution in [0.1, 0.15) is 25.0 Å². The molecule has 2 aromatic rings. The van der Waals surface area contributed by atoms with Gasteiger partial charge in [0.2, 0.25) is 5.91 Å². The zero-order chi connectivity index (χ0) is 20.7. The van der Waals surface area contributed by atoms with Crippen molar-refractivity contribution in [1.82, 2.24) is 10.2 Å². The Bertz CT molecular complexity index is 842. The molecule has 0 radical (unpaired) electrons. The molecule has 0 unspecified atom stereocenters. The van der Waals surface area contributed by atoms with E-state index >= 15 is 0 Å². The van der Waals surface area contributed by atoms with Gasteiger partial charge in [-0.3, -0.25) is 9.59 Å². The number of hydrogen-bond donors (Lipinski definition) is 1. The maximum atomic E-state index is 12.9. The molecule has 0 aromatic heterocycles. The van der Waals surface area contributed by atoms with Gasteiger partial charge in [0.05, 0.1) is 5.02 Å². The first-order valence-electron chi connectivity index (χ1n) is 9.03. The lowest BCUT2D eigenvalue weighted by atomic mass is 10.1. The molecule has 0 heterocycles. The molecule has 28 heavy (non-hydrogen) atoms. The molecule has 0 bridgehead atoms. The first kappa shape index (κ1) is 22.1. The third kappa shape index (κ3) is 5.88. The van der Waals surface area contributed by atoms with Crippen molar-refractivity contribution in [2.75, 3.05) is 13.2 Å². The number of aryl methyl sites for hydroxylation is 1. The Morgan fingerprint density at radius 3 is 2.54 bits per heavy atom. The summed E-state index contributed by atoms with van der Waals surface area (Å²) in [5, 5.41) is 3.56. The molecular weight excluding hydrogens is 399 g/mol. The highest BCUT2D eigenvalue weighted by Gasteiger charge is 2.26. The Labute approximate surface area is 175 Å². The second-order valence-corrected chi connectivity index (χ2v) is 7.23. The van der Waals surface area contributed by atoms with Crippen LogP contribution in [0.3, 0.4) is 0 Å². The highest BCUT2D eigenvalue weighted by atomic mass is 35.5. The minimum Gasteiger partial charge on any atom is -0.482 e. The van der Waals surface area contributed by atoms with E-state index < -0.39 is 6.04 Å². The Balaban J connectivity index is 2.18. The number of benzene rings is 2. The topological polar surface area (TPSA) is 58.6 Å². The Morgan fingerprint density at radius 1 is 1.18 bits per heavy atom. The first-order valence-corrected chi connectivity index (χ1v) is 9.78. The summed E-state index contributed by atoms with van der Waals surface area (Å²) in [6.07, 6.45) is 0. The fourth-order valence-electron chi connectivity index (χ4n) is 2.69. The third-order valence-corrected chi connectivity index (χ3v) is 4.90. The van der Waals surface area contributed by atoms with Crippen molar-refractivity contribution in [3.63, 3.8) is 0 Å². The summed E-state index contributed by atoms with van der Waals surface area (Å²) in [6.45, 7) is 6.07. The average molecular weight is 423 g/mol. The molecule has 2 aromatic carbocycles. The smallest absolute Gasteiger partial charge is 0.261 e. The predicted octanol–water partition coefficient (Wildman–Crippen LogP) is 4.23. The fourth-order valence-corrected chi connectivity index (χ4v) is 3.15. The fraction of sp³-hybridized carbons (Fsp3) is 0.333. The van der Waals surface area contributed by atoms with Crippen molar-refractivity contribution in [2.24, 2.45) is 0 Å². The van der Waals surface area contributed by atoms with E-state index in [1.165, 1.54) is 4.90 Å². The van der Waals surface area contributed by atoms with E-state index in [9.17, 15) is 9.59 Å². The van der Waals surface area contributed by atoms with Gasteiger partial charge in [-0.05, 0) is 50.1 Å². The molecule has 0 aliphatic carbocycles. The summed E-state index contributed by atoms with van der Waals surface area (Å²) in [4.78, 5) is 26.8. The first-order chi connectivity index (χ1) is 13.3. The molecule has 0 saturated carbocycles. The number of nitrogens with one attached hydrogen (secondary N) is 1. The lowest BCUT2D eigenvalue weighted by molar-refractivity contribution is -0.142. The van der Waals surface area contributed by atoms with E-state index in [0.717, 1.165) is 11.1 Å². The van der Waals surface area contributed by atoms with Gasteiger partial charge in [-0.15, -0.1) is 0 Å². The highest BCUT2D eigenvalue weighted by Crippen LogP contribution is 2.27. The van der Waals surface area contributed by atoms with Crippen LogP contribution in [-0.4, -0.2) is 35.9 Å². The van der Waals surface area contributed by atoms with E-state index in [2.05, 4.69) is 5.32 Å². The minimum absolute atomic E-state index is 0.214. The summed E-state index contributed by atoms with van der Waals surface area (Å²) in [5.41, 5.74) is 2.02. The minimum atomic E-state index is -0.642. The van der Waals surface area contributed by atoms with Crippen molar-refractivity contribution < 1.29 is 14.3 Å². The van der Waals surface area contributed by atoms with Gasteiger partial charge in [-0.1, -0.05) is 47.5 Å². The number of rotatable bonds is 8. The highest BCUT2D eigenvalue weighted by molar-refractivity contribution is 6.35. The van der Waals surface area contributed by atoms with Gasteiger partial charge in [0.1, 0.15) is 11.8 Å². The summed E-state index contributed by atoms with van der Waals surface area (Å²) in [6, 6.07) is 11.9. The second-order valence-electron chi connectivity index (χ2n) is 6.38. The van der Waals surface area contributed by atoms with Crippen LogP contribution in [0.5, 0.6) is 5.75 Å². The number of hydrogen-bond acceptors (Lipinski definition) is 3. The van der Waals surface area contributed by atoms with Crippen LogP contribution in [0, 0.1) is 6.92 Å². The molecule has 0 aliphatic heterocycles. The standard InChI is InChI=1S/C21H24Cl2N2O3/c1-4-24-21(27)15(3)25(12-16-8-6-5-7-14(16)2)20(26)13-28-19-10-9-17(22)11-18(19)23/h5-11,15H,4,12-13H2,1-3H3,(H,24,27)/t15-/m0/s1. The van der Waals surface area contributed by atoms with Gasteiger partial charge >= 0.3 is 0 Å². The molecule has 0 spiro atoms. The van der Waals surface area contributed by atoms with Gasteiger partial charge in [0.25, 0.3) is 5.91 Å². The quantitative estimate of drug-likeness (QED) is 0.691. The van der Waals surface area contributed by atoms with Gasteiger partial charge < -0.3 is 15.0 Å². The molecule has 0 fully saturated rings. The number of carbonyl (C=O) groups excluding carboxylic acids is 2. The molecule has 7 heteroatoms. The van der Waals surface area contributed by atoms with Gasteiger partial charge in [0.15, 0.2) is 6.61 Å². The zero-order valence-corrected chi connectivity index (χ0v) is 17.7. The van der Waals surface area contributed by atoms with Crippen molar-refractivity contribution >= 4 is 35.0 Å². The van der Waals surface area contributed by atoms with E-state index in [-0.39, 0.29) is 18.4 Å². The molecule has 2 rings (SSSR count). The molecule has 1 N–H and O–H groups in total. The summed E-state index contributed by atoms with van der Waals surface area (Å²) in [7, 11) is 0. The van der Waals surface area contributed by atoms with Crippen LogP contribution in [0.15, 0.2) is 42.5 Å². The number of ether oxygens (including phenoxy) is 1. The monoisotopic (exact) mass is 422 g/mol. The van der Waals surface area contributed by atoms with E-state index in [0.29, 0.717) is 28.9 Å². The molecule has 5 nitrogen and oxygen atoms in total. The van der Waals surface area contributed by atoms with Crippen LogP contribution >= 0.6 is 23.2 Å². The van der Waals surface area contributed by atoms with E-state index in [1.807, 2.05) is 38.1 Å². The van der Waals surface area contributed by atoms with Crippen molar-refractivity contribution in [3.8, 4) is 5.75 Å². The van der Waals surface area contributed by atoms with Crippen LogP contribution in [0.2, 0.25) is 10.0 Å². The third-order valence-electron chi connectivity index (χ3n) is 4.37. The lowest BCUT2D eigenvalue weighted by Gasteiger charge is -2.29. The van der Waals surface area contributed by atoms with E-state index in [4.69, 9.17) is 27.9 Å². The largest absolute Gasteiger partial charge is 0.482 e. The molecule has 0 saturated heterocycles. The van der Waals surface area contributed by atoms with Crippen LogP contribution in [-0.2, 0) is 16.1 Å². The number of carbonyl (C=O) groups is 2. The van der Waals surface area contributed by atoms with Gasteiger partial charge in [-0.25, -0.2) is 0 Å². The SMILES string of the molecule is CCNC(=O)[C@H](C)N(Cc1ccccc1C)C(=O)COc1ccc(Cl)cc1Cl. The zero-order valence-electron chi connectivity index (χ0n) is 16.2. The summed E-state index contributed by atoms with van der Waals surface area (Å²) >= 11 is 12.0. The number of likely N-dealkylation sites (N-methyl/N-ethyl adjacent to an activating group) is 1. The van der Waals surface area contributed by atoms with Crippen molar-refractivity contribution in [2.45, 2.75) is 33.4 Å². The molecular formula is C21H24Cl2N2O3. The lowest BCUT2D eigenvalue weighted by Crippen LogP contribution is -2.49. The van der Waals surface area contributed by atoms with Crippen molar-refractivity contribution in [1.29, 1.82) is 0 Å². The number of halogens is 2. The molecule has 0 aliphatic rings. The molecule has 1 atom stereocenters. The van der Waals surface area contributed by atoms with Gasteiger partial charge in [-0.2, -0.15) is 0 Å². The number of nitrogens with zero attached hydrogens (tertiary/aromatic N) is 1. The van der Waals surface area contributed by atoms with E-state index in [1.54, 1.807) is 25.1 Å². The van der Waals surface area contributed by atoms with Crippen LogP contribution in [0.25, 0.3) is 0 Å². The molecule has 2 amide bonds. The predicted molar refractivity (Wildman–Crippen MR) is 112 cm³/mol. The Hall–Kier alpha value is -2.24. The van der Waals surface area contributed by atoms with Crippen LogP contribution in [0.4, 0.5) is 0 Å².